The number of benzene rings is 2. The predicted molar refractivity (Wildman–Crippen MR) is 152 cm³/mol. The van der Waals surface area contributed by atoms with E-state index in [4.69, 9.17) is 0 Å². The monoisotopic (exact) mass is 548 g/mol. The van der Waals surface area contributed by atoms with Crippen molar-refractivity contribution in [2.24, 2.45) is 0 Å². The van der Waals surface area contributed by atoms with E-state index in [0.29, 0.717) is 22.8 Å². The third-order valence-corrected chi connectivity index (χ3v) is 7.83. The lowest BCUT2D eigenvalue weighted by Gasteiger charge is -2.15. The van der Waals surface area contributed by atoms with Crippen LogP contribution in [0.2, 0.25) is 0 Å². The molecular formula is C27H24N4O3S3. The second-order valence-corrected chi connectivity index (χ2v) is 10.7. The van der Waals surface area contributed by atoms with Crippen LogP contribution in [0.3, 0.4) is 0 Å². The second kappa shape index (κ2) is 13.0. The molecular weight excluding hydrogens is 525 g/mol. The largest absolute Gasteiger partial charge is 0.321 e. The third-order valence-electron chi connectivity index (χ3n) is 5.08. The van der Waals surface area contributed by atoms with E-state index in [1.165, 1.54) is 34.4 Å². The summed E-state index contributed by atoms with van der Waals surface area (Å²) in [7, 11) is 0. The first kappa shape index (κ1) is 26.3. The molecule has 188 valence electrons. The van der Waals surface area contributed by atoms with Gasteiger partial charge in [0.2, 0.25) is 5.91 Å². The highest BCUT2D eigenvalue weighted by molar-refractivity contribution is 8.00. The Morgan fingerprint density at radius 2 is 1.86 bits per heavy atom. The SMILES string of the molecule is CCC(Sc1cccc(NC(=O)/C(=C/c2ccsc2)NC(=O)c2ccccc2)c1)C(=O)Nc1nccs1. The maximum absolute atomic E-state index is 13.2. The van der Waals surface area contributed by atoms with Crippen LogP contribution in [0.25, 0.3) is 6.08 Å². The maximum Gasteiger partial charge on any atom is 0.272 e. The normalized spacial score (nSPS) is 12.0. The molecule has 0 bridgehead atoms. The molecule has 2 aromatic carbocycles. The predicted octanol–water partition coefficient (Wildman–Crippen LogP) is 6.12. The number of amides is 3. The standard InChI is InChI=1S/C27H24N4O3S3/c1-2-23(26(34)31-27-28-12-14-36-27)37-21-10-6-9-20(16-21)29-25(33)22(15-18-11-13-35-17-18)30-24(32)19-7-4-3-5-8-19/h3-17,23H,2H2,1H3,(H,29,33)(H,30,32)(H,28,31,34)/b22-15-. The number of hydrogen-bond acceptors (Lipinski definition) is 7. The number of aromatic nitrogens is 1. The van der Waals surface area contributed by atoms with Crippen molar-refractivity contribution >= 4 is 69.1 Å². The van der Waals surface area contributed by atoms with Crippen molar-refractivity contribution in [3.8, 4) is 0 Å². The highest BCUT2D eigenvalue weighted by Gasteiger charge is 2.20. The first-order valence-electron chi connectivity index (χ1n) is 11.4. The number of thioether (sulfide) groups is 1. The zero-order chi connectivity index (χ0) is 26.0. The van der Waals surface area contributed by atoms with Crippen LogP contribution in [0.15, 0.2) is 93.6 Å². The van der Waals surface area contributed by atoms with Crippen LogP contribution in [-0.2, 0) is 9.59 Å². The number of thiazole rings is 1. The minimum Gasteiger partial charge on any atom is -0.321 e. The van der Waals surface area contributed by atoms with E-state index < -0.39 is 5.91 Å². The molecule has 0 radical (unpaired) electrons. The van der Waals surface area contributed by atoms with Crippen molar-refractivity contribution in [2.45, 2.75) is 23.5 Å². The Morgan fingerprint density at radius 1 is 1.03 bits per heavy atom. The molecule has 0 aliphatic heterocycles. The molecule has 3 N–H and O–H groups in total. The number of carbonyl (C=O) groups is 3. The van der Waals surface area contributed by atoms with Crippen molar-refractivity contribution in [1.29, 1.82) is 0 Å². The maximum atomic E-state index is 13.2. The summed E-state index contributed by atoms with van der Waals surface area (Å²) in [5.74, 6) is -0.953. The van der Waals surface area contributed by atoms with Crippen molar-refractivity contribution in [3.63, 3.8) is 0 Å². The van der Waals surface area contributed by atoms with E-state index in [0.717, 1.165) is 10.5 Å². The lowest BCUT2D eigenvalue weighted by Crippen LogP contribution is -2.30. The summed E-state index contributed by atoms with van der Waals surface area (Å²) in [4.78, 5) is 43.6. The number of nitrogens with one attached hydrogen (secondary N) is 3. The van der Waals surface area contributed by atoms with Gasteiger partial charge in [-0.1, -0.05) is 31.2 Å². The minimum absolute atomic E-state index is 0.124. The average Bonchev–Trinajstić information content (AvgIpc) is 3.62. The number of hydrogen-bond donors (Lipinski definition) is 3. The zero-order valence-corrected chi connectivity index (χ0v) is 22.3. The van der Waals surface area contributed by atoms with Crippen molar-refractivity contribution in [3.05, 3.63) is 99.8 Å². The molecule has 0 aliphatic rings. The molecule has 0 fully saturated rings. The summed E-state index contributed by atoms with van der Waals surface area (Å²) < 4.78 is 0. The van der Waals surface area contributed by atoms with Gasteiger partial charge in [0.05, 0.1) is 5.25 Å². The van der Waals surface area contributed by atoms with Gasteiger partial charge in [-0.2, -0.15) is 11.3 Å². The van der Waals surface area contributed by atoms with E-state index in [1.807, 2.05) is 48.0 Å². The van der Waals surface area contributed by atoms with Gasteiger partial charge in [-0.3, -0.25) is 14.4 Å². The van der Waals surface area contributed by atoms with E-state index in [-0.39, 0.29) is 22.8 Å². The summed E-state index contributed by atoms with van der Waals surface area (Å²) in [6, 6.07) is 17.9. The number of thiophene rings is 1. The second-order valence-electron chi connectivity index (χ2n) is 7.76. The Kier molecular flexibility index (Phi) is 9.25. The van der Waals surface area contributed by atoms with Gasteiger partial charge in [-0.05, 0) is 65.2 Å². The first-order chi connectivity index (χ1) is 18.0. The molecule has 4 aromatic rings. The number of carbonyl (C=O) groups excluding carboxylic acids is 3. The van der Waals surface area contributed by atoms with Gasteiger partial charge in [0.15, 0.2) is 5.13 Å². The van der Waals surface area contributed by atoms with Gasteiger partial charge in [0.1, 0.15) is 5.70 Å². The van der Waals surface area contributed by atoms with Crippen LogP contribution < -0.4 is 16.0 Å². The highest BCUT2D eigenvalue weighted by Crippen LogP contribution is 2.29. The first-order valence-corrected chi connectivity index (χ1v) is 14.1. The summed E-state index contributed by atoms with van der Waals surface area (Å²) in [6.07, 6.45) is 3.91. The van der Waals surface area contributed by atoms with E-state index in [2.05, 4.69) is 20.9 Å². The fraction of sp³-hybridized carbons (Fsp3) is 0.111. The molecule has 0 spiro atoms. The summed E-state index contributed by atoms with van der Waals surface area (Å²) >= 11 is 4.27. The van der Waals surface area contributed by atoms with E-state index in [9.17, 15) is 14.4 Å². The van der Waals surface area contributed by atoms with Gasteiger partial charge in [-0.15, -0.1) is 23.1 Å². The Hall–Kier alpha value is -3.73. The summed E-state index contributed by atoms with van der Waals surface area (Å²) in [6.45, 7) is 1.95. The van der Waals surface area contributed by atoms with Crippen LogP contribution in [0, 0.1) is 0 Å². The van der Waals surface area contributed by atoms with Crippen LogP contribution in [-0.4, -0.2) is 28.0 Å². The highest BCUT2D eigenvalue weighted by atomic mass is 32.2. The molecule has 4 rings (SSSR count). The van der Waals surface area contributed by atoms with Crippen LogP contribution >= 0.6 is 34.4 Å². The lowest BCUT2D eigenvalue weighted by atomic mass is 10.2. The van der Waals surface area contributed by atoms with Crippen LogP contribution in [0.5, 0.6) is 0 Å². The molecule has 0 saturated heterocycles. The van der Waals surface area contributed by atoms with Gasteiger partial charge < -0.3 is 16.0 Å². The van der Waals surface area contributed by atoms with E-state index >= 15 is 0 Å². The quantitative estimate of drug-likeness (QED) is 0.164. The Balaban J connectivity index is 1.47. The van der Waals surface area contributed by atoms with Gasteiger partial charge in [-0.25, -0.2) is 4.98 Å². The lowest BCUT2D eigenvalue weighted by molar-refractivity contribution is -0.116. The number of rotatable bonds is 10. The van der Waals surface area contributed by atoms with E-state index in [1.54, 1.807) is 48.0 Å². The topological polar surface area (TPSA) is 100 Å². The molecule has 0 saturated carbocycles. The molecule has 2 aromatic heterocycles. The van der Waals surface area contributed by atoms with Gasteiger partial charge >= 0.3 is 0 Å². The minimum atomic E-state index is -0.453. The Morgan fingerprint density at radius 3 is 2.57 bits per heavy atom. The molecule has 1 unspecified atom stereocenters. The van der Waals surface area contributed by atoms with Crippen LogP contribution in [0.4, 0.5) is 10.8 Å². The average molecular weight is 549 g/mol. The number of nitrogens with zero attached hydrogens (tertiary/aromatic N) is 1. The molecule has 7 nitrogen and oxygen atoms in total. The van der Waals surface area contributed by atoms with Crippen LogP contribution in [0.1, 0.15) is 29.3 Å². The van der Waals surface area contributed by atoms with Gasteiger partial charge in [0.25, 0.3) is 11.8 Å². The van der Waals surface area contributed by atoms with Crippen molar-refractivity contribution in [1.82, 2.24) is 10.3 Å². The third kappa shape index (κ3) is 7.63. The fourth-order valence-corrected chi connectivity index (χ4v) is 5.43. The Bertz CT molecular complexity index is 1370. The zero-order valence-electron chi connectivity index (χ0n) is 19.8. The molecule has 10 heteroatoms. The smallest absolute Gasteiger partial charge is 0.272 e. The number of anilines is 2. The van der Waals surface area contributed by atoms with Crippen molar-refractivity contribution in [2.75, 3.05) is 10.6 Å². The summed E-state index contributed by atoms with van der Waals surface area (Å²) in [5.41, 5.74) is 1.94. The fourth-order valence-electron chi connectivity index (χ4n) is 3.27. The molecule has 0 aliphatic carbocycles. The molecule has 1 atom stereocenters. The molecule has 37 heavy (non-hydrogen) atoms. The van der Waals surface area contributed by atoms with Gasteiger partial charge in [0, 0.05) is 27.7 Å². The molecule has 2 heterocycles. The summed E-state index contributed by atoms with van der Waals surface area (Å²) in [5, 5.41) is 14.3. The van der Waals surface area contributed by atoms with Crippen molar-refractivity contribution < 1.29 is 14.4 Å². The molecule has 3 amide bonds. The Labute approximate surface area is 227 Å².